The molecule has 0 unspecified atom stereocenters. The Balaban J connectivity index is 1.77. The Bertz CT molecular complexity index is 754. The van der Waals surface area contributed by atoms with E-state index in [0.29, 0.717) is 25.3 Å². The van der Waals surface area contributed by atoms with Gasteiger partial charge < -0.3 is 9.64 Å². The summed E-state index contributed by atoms with van der Waals surface area (Å²) in [5.41, 5.74) is 2.09. The lowest BCUT2D eigenvalue weighted by molar-refractivity contribution is 0.0222. The molecule has 1 aromatic heterocycles. The number of hydrogen-bond acceptors (Lipinski definition) is 4. The van der Waals surface area contributed by atoms with E-state index < -0.39 is 5.60 Å². The van der Waals surface area contributed by atoms with Gasteiger partial charge in [0.05, 0.1) is 12.2 Å². The number of nitrogens with zero attached hydrogens (tertiary/aromatic N) is 3. The molecule has 126 valence electrons. The zero-order valence-electron chi connectivity index (χ0n) is 14.0. The summed E-state index contributed by atoms with van der Waals surface area (Å²) in [4.78, 5) is 22.7. The van der Waals surface area contributed by atoms with Crippen LogP contribution in [0.25, 0.3) is 11.4 Å². The number of benzene rings is 1. The highest BCUT2D eigenvalue weighted by molar-refractivity contribution is 5.68. The molecule has 0 atom stereocenters. The van der Waals surface area contributed by atoms with Crippen molar-refractivity contribution < 1.29 is 13.9 Å². The maximum absolute atomic E-state index is 13.0. The minimum Gasteiger partial charge on any atom is -0.444 e. The van der Waals surface area contributed by atoms with Gasteiger partial charge in [0.2, 0.25) is 0 Å². The van der Waals surface area contributed by atoms with Gasteiger partial charge in [0.1, 0.15) is 11.4 Å². The van der Waals surface area contributed by atoms with Crippen LogP contribution >= 0.6 is 0 Å². The fourth-order valence-corrected chi connectivity index (χ4v) is 2.54. The Morgan fingerprint density at radius 3 is 2.62 bits per heavy atom. The Labute approximate surface area is 140 Å². The molecule has 3 rings (SSSR count). The van der Waals surface area contributed by atoms with E-state index in [2.05, 4.69) is 9.97 Å². The van der Waals surface area contributed by atoms with Crippen LogP contribution in [0.3, 0.4) is 0 Å². The van der Waals surface area contributed by atoms with Crippen molar-refractivity contribution >= 4 is 6.09 Å². The molecule has 0 radical (unpaired) electrons. The fourth-order valence-electron chi connectivity index (χ4n) is 2.54. The monoisotopic (exact) mass is 329 g/mol. The molecule has 24 heavy (non-hydrogen) atoms. The number of ether oxygens (including phenoxy) is 1. The smallest absolute Gasteiger partial charge is 0.410 e. The second kappa shape index (κ2) is 6.19. The normalized spacial score (nSPS) is 14.2. The first-order valence-electron chi connectivity index (χ1n) is 7.90. The molecule has 5 nitrogen and oxygen atoms in total. The predicted molar refractivity (Wildman–Crippen MR) is 87.8 cm³/mol. The van der Waals surface area contributed by atoms with E-state index in [9.17, 15) is 9.18 Å². The van der Waals surface area contributed by atoms with E-state index in [1.54, 1.807) is 23.2 Å². The van der Waals surface area contributed by atoms with Crippen LogP contribution in [0.5, 0.6) is 0 Å². The summed E-state index contributed by atoms with van der Waals surface area (Å²) in [6.07, 6.45) is 2.05. The standard InChI is InChI=1S/C18H20FN3O2/c1-18(2,3)24-17(23)22-9-8-15-13(11-22)10-20-16(21-15)12-4-6-14(19)7-5-12/h4-7,10H,8-9,11H2,1-3H3. The quantitative estimate of drug-likeness (QED) is 0.802. The van der Waals surface area contributed by atoms with Crippen LogP contribution in [0.2, 0.25) is 0 Å². The molecule has 0 N–H and O–H groups in total. The third kappa shape index (κ3) is 3.69. The van der Waals surface area contributed by atoms with Gasteiger partial charge in [0.15, 0.2) is 5.82 Å². The van der Waals surface area contributed by atoms with Gasteiger partial charge in [-0.25, -0.2) is 19.2 Å². The summed E-state index contributed by atoms with van der Waals surface area (Å²) in [5.74, 6) is 0.282. The third-order valence-corrected chi connectivity index (χ3v) is 3.69. The lowest BCUT2D eigenvalue weighted by atomic mass is 10.1. The molecule has 0 fully saturated rings. The van der Waals surface area contributed by atoms with Gasteiger partial charge in [0, 0.05) is 30.3 Å². The zero-order valence-corrected chi connectivity index (χ0v) is 14.0. The molecule has 1 aliphatic rings. The van der Waals surface area contributed by atoms with E-state index in [-0.39, 0.29) is 11.9 Å². The first-order valence-corrected chi connectivity index (χ1v) is 7.90. The third-order valence-electron chi connectivity index (χ3n) is 3.69. The highest BCUT2D eigenvalue weighted by Gasteiger charge is 2.26. The van der Waals surface area contributed by atoms with Crippen molar-refractivity contribution in [2.24, 2.45) is 0 Å². The Hall–Kier alpha value is -2.50. The molecule has 2 aromatic rings. The summed E-state index contributed by atoms with van der Waals surface area (Å²) >= 11 is 0. The second-order valence-electron chi connectivity index (χ2n) is 6.82. The highest BCUT2D eigenvalue weighted by atomic mass is 19.1. The summed E-state index contributed by atoms with van der Waals surface area (Å²) in [7, 11) is 0. The van der Waals surface area contributed by atoms with E-state index in [0.717, 1.165) is 16.8 Å². The molecule has 1 aromatic carbocycles. The number of amides is 1. The summed E-state index contributed by atoms with van der Waals surface area (Å²) < 4.78 is 18.4. The molecule has 6 heteroatoms. The first kappa shape index (κ1) is 16.4. The molecule has 0 saturated heterocycles. The lowest BCUT2D eigenvalue weighted by Crippen LogP contribution is -2.40. The first-order chi connectivity index (χ1) is 11.3. The minimum absolute atomic E-state index is 0.287. The van der Waals surface area contributed by atoms with Crippen molar-refractivity contribution in [2.75, 3.05) is 6.54 Å². The van der Waals surface area contributed by atoms with E-state index >= 15 is 0 Å². The molecule has 0 spiro atoms. The highest BCUT2D eigenvalue weighted by Crippen LogP contribution is 2.22. The Morgan fingerprint density at radius 2 is 1.96 bits per heavy atom. The molecule has 0 bridgehead atoms. The molecule has 0 aliphatic carbocycles. The molecule has 1 aliphatic heterocycles. The Morgan fingerprint density at radius 1 is 1.25 bits per heavy atom. The number of rotatable bonds is 1. The Kier molecular flexibility index (Phi) is 4.22. The van der Waals surface area contributed by atoms with Crippen molar-refractivity contribution in [1.82, 2.24) is 14.9 Å². The van der Waals surface area contributed by atoms with Crippen LogP contribution in [0.15, 0.2) is 30.5 Å². The number of hydrogen-bond donors (Lipinski definition) is 0. The van der Waals surface area contributed by atoms with Crippen molar-refractivity contribution in [3.8, 4) is 11.4 Å². The number of carbonyl (C=O) groups excluding carboxylic acids is 1. The molecule has 1 amide bonds. The summed E-state index contributed by atoms with van der Waals surface area (Å²) in [6.45, 7) is 6.54. The van der Waals surface area contributed by atoms with E-state index in [4.69, 9.17) is 4.74 Å². The number of halogens is 1. The van der Waals surface area contributed by atoms with Gasteiger partial charge in [-0.2, -0.15) is 0 Å². The SMILES string of the molecule is CC(C)(C)OC(=O)N1CCc2nc(-c3ccc(F)cc3)ncc2C1. The molecule has 0 saturated carbocycles. The molecular weight excluding hydrogens is 309 g/mol. The van der Waals surface area contributed by atoms with Crippen LogP contribution < -0.4 is 0 Å². The van der Waals surface area contributed by atoms with E-state index in [1.165, 1.54) is 12.1 Å². The number of carbonyl (C=O) groups is 1. The lowest BCUT2D eigenvalue weighted by Gasteiger charge is -2.30. The average molecular weight is 329 g/mol. The van der Waals surface area contributed by atoms with Crippen molar-refractivity contribution in [1.29, 1.82) is 0 Å². The fraction of sp³-hybridized carbons (Fsp3) is 0.389. The number of aromatic nitrogens is 2. The maximum atomic E-state index is 13.0. The number of fused-ring (bicyclic) bond motifs is 1. The van der Waals surface area contributed by atoms with Crippen LogP contribution in [-0.2, 0) is 17.7 Å². The van der Waals surface area contributed by atoms with Gasteiger partial charge >= 0.3 is 6.09 Å². The molecule has 2 heterocycles. The van der Waals surface area contributed by atoms with Gasteiger partial charge in [0.25, 0.3) is 0 Å². The second-order valence-corrected chi connectivity index (χ2v) is 6.82. The largest absolute Gasteiger partial charge is 0.444 e. The minimum atomic E-state index is -0.514. The van der Waals surface area contributed by atoms with Crippen LogP contribution in [-0.4, -0.2) is 33.1 Å². The topological polar surface area (TPSA) is 55.3 Å². The summed E-state index contributed by atoms with van der Waals surface area (Å²) in [6, 6.07) is 6.10. The van der Waals surface area contributed by atoms with Crippen molar-refractivity contribution in [3.63, 3.8) is 0 Å². The van der Waals surface area contributed by atoms with Gasteiger partial charge in [-0.05, 0) is 45.0 Å². The van der Waals surface area contributed by atoms with Gasteiger partial charge in [-0.1, -0.05) is 0 Å². The van der Waals surface area contributed by atoms with Crippen LogP contribution in [0, 0.1) is 5.82 Å². The van der Waals surface area contributed by atoms with Gasteiger partial charge in [-0.15, -0.1) is 0 Å². The van der Waals surface area contributed by atoms with Crippen molar-refractivity contribution in [2.45, 2.75) is 39.3 Å². The summed E-state index contributed by atoms with van der Waals surface area (Å²) in [5, 5.41) is 0. The maximum Gasteiger partial charge on any atom is 0.410 e. The van der Waals surface area contributed by atoms with Gasteiger partial charge in [-0.3, -0.25) is 0 Å². The molecular formula is C18H20FN3O2. The van der Waals surface area contributed by atoms with Crippen LogP contribution in [0.4, 0.5) is 9.18 Å². The predicted octanol–water partition coefficient (Wildman–Crippen LogP) is 3.58. The van der Waals surface area contributed by atoms with E-state index in [1.807, 2.05) is 20.8 Å². The van der Waals surface area contributed by atoms with Crippen LogP contribution in [0.1, 0.15) is 32.0 Å². The average Bonchev–Trinajstić information content (AvgIpc) is 2.53. The van der Waals surface area contributed by atoms with Crippen molar-refractivity contribution in [3.05, 3.63) is 47.5 Å². The zero-order chi connectivity index (χ0) is 17.3.